The molecule has 0 atom stereocenters. The number of nitrogens with zero attached hydrogens (tertiary/aromatic N) is 1. The van der Waals surface area contributed by atoms with Crippen molar-refractivity contribution in [3.05, 3.63) is 51.8 Å². The van der Waals surface area contributed by atoms with Gasteiger partial charge in [0.2, 0.25) is 15.9 Å². The van der Waals surface area contributed by atoms with E-state index in [1.165, 1.54) is 11.3 Å². The van der Waals surface area contributed by atoms with Crippen molar-refractivity contribution in [1.29, 1.82) is 0 Å². The first kappa shape index (κ1) is 19.1. The molecule has 5 nitrogen and oxygen atoms in total. The number of hydrogen-bond acceptors (Lipinski definition) is 4. The van der Waals surface area contributed by atoms with E-state index in [0.717, 1.165) is 22.9 Å². The average molecular weight is 469 g/mol. The van der Waals surface area contributed by atoms with Crippen LogP contribution in [-0.2, 0) is 20.2 Å². The standard InChI is InChI=1S/C19H21BrN2O3S2/c20-15-4-1-3-14(13-15)19(8-9-19)18(23)22-10-6-16(7-11-22)21-27(24,25)17-5-2-12-26-17/h1-5,12-13,16,21H,6-11H2. The van der Waals surface area contributed by atoms with Gasteiger partial charge < -0.3 is 4.90 Å². The summed E-state index contributed by atoms with van der Waals surface area (Å²) in [7, 11) is -3.46. The van der Waals surface area contributed by atoms with Gasteiger partial charge in [0, 0.05) is 23.6 Å². The fourth-order valence-electron chi connectivity index (χ4n) is 3.73. The van der Waals surface area contributed by atoms with Crippen LogP contribution in [0.25, 0.3) is 0 Å². The largest absolute Gasteiger partial charge is 0.342 e. The predicted octanol–water partition coefficient (Wildman–Crippen LogP) is 3.51. The Morgan fingerprint density at radius 1 is 1.19 bits per heavy atom. The predicted molar refractivity (Wildman–Crippen MR) is 109 cm³/mol. The first-order valence-corrected chi connectivity index (χ1v) is 12.2. The van der Waals surface area contributed by atoms with Crippen LogP contribution in [0.4, 0.5) is 0 Å². The number of thiophene rings is 1. The maximum Gasteiger partial charge on any atom is 0.250 e. The molecule has 0 bridgehead atoms. The Balaban J connectivity index is 1.39. The van der Waals surface area contributed by atoms with E-state index in [-0.39, 0.29) is 17.4 Å². The van der Waals surface area contributed by atoms with Crippen LogP contribution in [0.1, 0.15) is 31.2 Å². The molecular weight excluding hydrogens is 448 g/mol. The molecule has 1 N–H and O–H groups in total. The smallest absolute Gasteiger partial charge is 0.250 e. The molecule has 1 aromatic carbocycles. The number of carbonyl (C=O) groups excluding carboxylic acids is 1. The number of amides is 1. The third-order valence-corrected chi connectivity index (χ3v) is 8.81. The van der Waals surface area contributed by atoms with Gasteiger partial charge in [0.15, 0.2) is 0 Å². The summed E-state index contributed by atoms with van der Waals surface area (Å²) in [6, 6.07) is 11.2. The van der Waals surface area contributed by atoms with E-state index in [9.17, 15) is 13.2 Å². The van der Waals surface area contributed by atoms with Crippen molar-refractivity contribution in [1.82, 2.24) is 9.62 Å². The molecule has 2 aromatic rings. The lowest BCUT2D eigenvalue weighted by Crippen LogP contribution is -2.49. The van der Waals surface area contributed by atoms with Crippen LogP contribution >= 0.6 is 27.3 Å². The second-order valence-electron chi connectivity index (χ2n) is 7.21. The lowest BCUT2D eigenvalue weighted by atomic mass is 9.93. The Kier molecular flexibility index (Phi) is 5.18. The van der Waals surface area contributed by atoms with E-state index in [4.69, 9.17) is 0 Å². The fourth-order valence-corrected chi connectivity index (χ4v) is 6.45. The minimum Gasteiger partial charge on any atom is -0.342 e. The molecule has 2 fully saturated rings. The zero-order valence-corrected chi connectivity index (χ0v) is 17.9. The van der Waals surface area contributed by atoms with E-state index < -0.39 is 10.0 Å². The van der Waals surface area contributed by atoms with E-state index >= 15 is 0 Å². The van der Waals surface area contributed by atoms with E-state index in [2.05, 4.69) is 20.7 Å². The zero-order chi connectivity index (χ0) is 19.1. The Morgan fingerprint density at radius 2 is 1.93 bits per heavy atom. The summed E-state index contributed by atoms with van der Waals surface area (Å²) in [6.45, 7) is 1.18. The molecule has 1 amide bonds. The molecule has 4 rings (SSSR count). The highest BCUT2D eigenvalue weighted by molar-refractivity contribution is 9.10. The van der Waals surface area contributed by atoms with Gasteiger partial charge in [-0.15, -0.1) is 11.3 Å². The van der Waals surface area contributed by atoms with Gasteiger partial charge in [-0.25, -0.2) is 13.1 Å². The number of rotatable bonds is 5. The SMILES string of the molecule is O=C(N1CCC(NS(=O)(=O)c2cccs2)CC1)C1(c2cccc(Br)c2)CC1. The summed E-state index contributed by atoms with van der Waals surface area (Å²) in [6.07, 6.45) is 3.05. The molecular formula is C19H21BrN2O3S2. The minimum absolute atomic E-state index is 0.123. The van der Waals surface area contributed by atoms with Crippen LogP contribution in [-0.4, -0.2) is 38.4 Å². The fraction of sp³-hybridized carbons (Fsp3) is 0.421. The number of hydrogen-bond donors (Lipinski definition) is 1. The van der Waals surface area contributed by atoms with E-state index in [1.54, 1.807) is 17.5 Å². The van der Waals surface area contributed by atoms with Crippen LogP contribution in [0.5, 0.6) is 0 Å². The summed E-state index contributed by atoms with van der Waals surface area (Å²) >= 11 is 4.71. The third-order valence-electron chi connectivity index (χ3n) is 5.40. The van der Waals surface area contributed by atoms with Crippen molar-refractivity contribution >= 4 is 43.2 Å². The second-order valence-corrected chi connectivity index (χ2v) is 11.0. The summed E-state index contributed by atoms with van der Waals surface area (Å²) in [5.41, 5.74) is 0.690. The highest BCUT2D eigenvalue weighted by Gasteiger charge is 2.53. The monoisotopic (exact) mass is 468 g/mol. The Morgan fingerprint density at radius 3 is 2.52 bits per heavy atom. The Labute approximate surface area is 172 Å². The number of nitrogens with one attached hydrogen (secondary N) is 1. The van der Waals surface area contributed by atoms with Gasteiger partial charge >= 0.3 is 0 Å². The second kappa shape index (κ2) is 7.31. The van der Waals surface area contributed by atoms with Gasteiger partial charge in [0.25, 0.3) is 0 Å². The van der Waals surface area contributed by atoms with Crippen LogP contribution < -0.4 is 4.72 Å². The number of carbonyl (C=O) groups is 1. The number of likely N-dealkylation sites (tertiary alicyclic amines) is 1. The summed E-state index contributed by atoms with van der Waals surface area (Å²) < 4.78 is 28.9. The molecule has 1 aliphatic carbocycles. The first-order valence-electron chi connectivity index (χ1n) is 9.02. The van der Waals surface area contributed by atoms with Gasteiger partial charge in [-0.1, -0.05) is 34.1 Å². The maximum absolute atomic E-state index is 13.1. The van der Waals surface area contributed by atoms with Crippen LogP contribution in [0, 0.1) is 0 Å². The quantitative estimate of drug-likeness (QED) is 0.729. The van der Waals surface area contributed by atoms with Gasteiger partial charge in [0.05, 0.1) is 5.41 Å². The molecule has 27 heavy (non-hydrogen) atoms. The molecule has 0 radical (unpaired) electrons. The molecule has 2 aliphatic rings. The number of piperidine rings is 1. The molecule has 2 heterocycles. The topological polar surface area (TPSA) is 66.5 Å². The number of halogens is 1. The number of benzene rings is 1. The summed E-state index contributed by atoms with van der Waals surface area (Å²) in [5, 5.41) is 1.76. The lowest BCUT2D eigenvalue weighted by molar-refractivity contribution is -0.135. The van der Waals surface area contributed by atoms with Gasteiger partial charge in [0.1, 0.15) is 4.21 Å². The van der Waals surface area contributed by atoms with E-state index in [1.807, 2.05) is 29.2 Å². The van der Waals surface area contributed by atoms with Crippen LogP contribution in [0.15, 0.2) is 50.5 Å². The highest BCUT2D eigenvalue weighted by Crippen LogP contribution is 2.50. The van der Waals surface area contributed by atoms with Crippen LogP contribution in [0.2, 0.25) is 0 Å². The van der Waals surface area contributed by atoms with Gasteiger partial charge in [-0.3, -0.25) is 4.79 Å². The average Bonchev–Trinajstić information content (AvgIpc) is 3.26. The van der Waals surface area contributed by atoms with Crippen molar-refractivity contribution in [2.75, 3.05) is 13.1 Å². The van der Waals surface area contributed by atoms with Crippen molar-refractivity contribution in [2.45, 2.75) is 41.3 Å². The van der Waals surface area contributed by atoms with Crippen molar-refractivity contribution in [2.24, 2.45) is 0 Å². The van der Waals surface area contributed by atoms with Crippen molar-refractivity contribution < 1.29 is 13.2 Å². The number of sulfonamides is 1. The molecule has 8 heteroatoms. The third kappa shape index (κ3) is 3.85. The summed E-state index contributed by atoms with van der Waals surface area (Å²) in [4.78, 5) is 15.1. The molecule has 1 aliphatic heterocycles. The molecule has 1 saturated carbocycles. The maximum atomic E-state index is 13.1. The zero-order valence-electron chi connectivity index (χ0n) is 14.7. The highest BCUT2D eigenvalue weighted by atomic mass is 79.9. The first-order chi connectivity index (χ1) is 12.9. The van der Waals surface area contributed by atoms with Crippen LogP contribution in [0.3, 0.4) is 0 Å². The molecule has 1 aromatic heterocycles. The molecule has 0 spiro atoms. The lowest BCUT2D eigenvalue weighted by Gasteiger charge is -2.34. The molecule has 144 valence electrons. The summed E-state index contributed by atoms with van der Waals surface area (Å²) in [5.74, 6) is 0.181. The normalized spacial score (nSPS) is 19.8. The van der Waals surface area contributed by atoms with Crippen molar-refractivity contribution in [3.63, 3.8) is 0 Å². The molecule has 0 unspecified atom stereocenters. The Bertz CT molecular complexity index is 932. The minimum atomic E-state index is -3.46. The van der Waals surface area contributed by atoms with E-state index in [0.29, 0.717) is 30.1 Å². The molecule has 1 saturated heterocycles. The van der Waals surface area contributed by atoms with Gasteiger partial charge in [-0.2, -0.15) is 0 Å². The van der Waals surface area contributed by atoms with Gasteiger partial charge in [-0.05, 0) is 54.8 Å². The van der Waals surface area contributed by atoms with Crippen molar-refractivity contribution in [3.8, 4) is 0 Å². The Hall–Kier alpha value is -1.22.